The standard InChI is InChI=1S/2C11H21N3/c2*1-6-7-8-9-12-13-14(10(2)3)11(4)5/h2*7,9-11H,6H2,1-5H3. The number of hydrogen-bond acceptors (Lipinski definition) is 4. The Balaban J connectivity index is 0. The normalized spacial score (nSPS) is 10.8. The van der Waals surface area contributed by atoms with Gasteiger partial charge in [0.2, 0.25) is 0 Å². The van der Waals surface area contributed by atoms with Crippen molar-refractivity contribution >= 4 is 0 Å². The second-order valence-corrected chi connectivity index (χ2v) is 7.36. The van der Waals surface area contributed by atoms with Gasteiger partial charge in [0.1, 0.15) is 0 Å². The van der Waals surface area contributed by atoms with E-state index in [2.05, 4.69) is 101 Å². The van der Waals surface area contributed by atoms with Gasteiger partial charge in [-0.2, -0.15) is 0 Å². The van der Waals surface area contributed by atoms with Crippen LogP contribution in [0.1, 0.15) is 82.1 Å². The van der Waals surface area contributed by atoms with Crippen molar-refractivity contribution in [3.8, 4) is 0 Å². The molecule has 0 unspecified atom stereocenters. The maximum Gasteiger partial charge on any atom is 0.0928 e. The van der Waals surface area contributed by atoms with Gasteiger partial charge in [-0.05, 0) is 80.4 Å². The van der Waals surface area contributed by atoms with E-state index in [0.29, 0.717) is 24.2 Å². The molecule has 0 aromatic heterocycles. The fraction of sp³-hybridized carbons (Fsp3) is 0.727. The molecule has 0 bridgehead atoms. The smallest absolute Gasteiger partial charge is 0.0928 e. The van der Waals surface area contributed by atoms with Gasteiger partial charge in [0, 0.05) is 24.2 Å². The molecular weight excluding hydrogens is 348 g/mol. The summed E-state index contributed by atoms with van der Waals surface area (Å²) in [5, 5.41) is 20.0. The van der Waals surface area contributed by atoms with Gasteiger partial charge in [0.05, 0.1) is 12.4 Å². The summed E-state index contributed by atoms with van der Waals surface area (Å²) in [6.07, 6.45) is 9.00. The lowest BCUT2D eigenvalue weighted by atomic mass is 10.3. The fourth-order valence-corrected chi connectivity index (χ4v) is 2.18. The van der Waals surface area contributed by atoms with Gasteiger partial charge >= 0.3 is 0 Å². The van der Waals surface area contributed by atoms with Gasteiger partial charge < -0.3 is 0 Å². The van der Waals surface area contributed by atoms with Crippen LogP contribution in [-0.2, 0) is 0 Å². The van der Waals surface area contributed by atoms with Crippen molar-refractivity contribution in [1.82, 2.24) is 10.0 Å². The molecular formula is C22H42N6. The Hall–Kier alpha value is -2.16. The first-order valence-corrected chi connectivity index (χ1v) is 10.4. The van der Waals surface area contributed by atoms with Crippen LogP contribution in [-0.4, -0.2) is 34.2 Å². The summed E-state index contributed by atoms with van der Waals surface area (Å²) < 4.78 is 0. The van der Waals surface area contributed by atoms with E-state index in [9.17, 15) is 0 Å². The highest BCUT2D eigenvalue weighted by Gasteiger charge is 2.10. The average Bonchev–Trinajstić information content (AvgIpc) is 2.60. The lowest BCUT2D eigenvalue weighted by Gasteiger charge is -2.25. The molecule has 28 heavy (non-hydrogen) atoms. The Morgan fingerprint density at radius 1 is 0.607 bits per heavy atom. The Morgan fingerprint density at radius 2 is 0.893 bits per heavy atom. The van der Waals surface area contributed by atoms with Crippen LogP contribution in [0, 0.1) is 0 Å². The number of hydrogen-bond donors (Lipinski definition) is 0. The van der Waals surface area contributed by atoms with Gasteiger partial charge in [-0.3, -0.25) is 10.0 Å². The van der Waals surface area contributed by atoms with Crippen LogP contribution in [0.2, 0.25) is 0 Å². The molecule has 0 atom stereocenters. The summed E-state index contributed by atoms with van der Waals surface area (Å²) in [6, 6.07) is 1.51. The Labute approximate surface area is 173 Å². The first-order chi connectivity index (χ1) is 13.2. The Kier molecular flexibility index (Phi) is 18.2. The molecule has 0 aliphatic carbocycles. The van der Waals surface area contributed by atoms with Crippen LogP contribution in [0.5, 0.6) is 0 Å². The van der Waals surface area contributed by atoms with Gasteiger partial charge in [0.25, 0.3) is 0 Å². The maximum atomic E-state index is 4.11. The summed E-state index contributed by atoms with van der Waals surface area (Å²) in [4.78, 5) is 0. The van der Waals surface area contributed by atoms with Crippen molar-refractivity contribution in [1.29, 1.82) is 0 Å². The predicted molar refractivity (Wildman–Crippen MR) is 120 cm³/mol. The molecule has 0 aromatic carbocycles. The van der Waals surface area contributed by atoms with E-state index in [1.807, 2.05) is 22.2 Å². The molecule has 0 amide bonds. The van der Waals surface area contributed by atoms with Crippen molar-refractivity contribution in [2.75, 3.05) is 0 Å². The minimum Gasteiger partial charge on any atom is -0.273 e. The molecule has 160 valence electrons. The van der Waals surface area contributed by atoms with Gasteiger partial charge in [-0.25, -0.2) is 0 Å². The Bertz CT molecular complexity index is 479. The van der Waals surface area contributed by atoms with E-state index in [-0.39, 0.29) is 0 Å². The lowest BCUT2D eigenvalue weighted by molar-refractivity contribution is 0.169. The number of nitrogens with zero attached hydrogens (tertiary/aromatic N) is 6. The van der Waals surface area contributed by atoms with Crippen LogP contribution >= 0.6 is 0 Å². The summed E-state index contributed by atoms with van der Waals surface area (Å²) in [7, 11) is 0. The Morgan fingerprint density at radius 3 is 1.11 bits per heavy atom. The van der Waals surface area contributed by atoms with Crippen LogP contribution in [0.3, 0.4) is 0 Å². The molecule has 0 aromatic rings. The van der Waals surface area contributed by atoms with Crippen LogP contribution in [0.4, 0.5) is 0 Å². The highest BCUT2D eigenvalue weighted by Crippen LogP contribution is 2.06. The second-order valence-electron chi connectivity index (χ2n) is 7.36. The van der Waals surface area contributed by atoms with Crippen LogP contribution < -0.4 is 0 Å². The molecule has 0 saturated carbocycles. The monoisotopic (exact) mass is 390 g/mol. The third kappa shape index (κ3) is 16.0. The quantitative estimate of drug-likeness (QED) is 0.227. The number of allylic oxidation sites excluding steroid dienone is 2. The third-order valence-corrected chi connectivity index (χ3v) is 3.33. The maximum absolute atomic E-state index is 4.11. The van der Waals surface area contributed by atoms with E-state index in [1.54, 1.807) is 12.4 Å². The fourth-order valence-electron chi connectivity index (χ4n) is 2.18. The zero-order chi connectivity index (χ0) is 21.9. The average molecular weight is 391 g/mol. The van der Waals surface area contributed by atoms with Crippen molar-refractivity contribution < 1.29 is 0 Å². The lowest BCUT2D eigenvalue weighted by Crippen LogP contribution is -2.31. The molecule has 6 heteroatoms. The highest BCUT2D eigenvalue weighted by atomic mass is 15.6. The van der Waals surface area contributed by atoms with Crippen molar-refractivity contribution in [3.05, 3.63) is 36.0 Å². The summed E-state index contributed by atoms with van der Waals surface area (Å²) in [5.74, 6) is 0. The molecule has 0 fully saturated rings. The van der Waals surface area contributed by atoms with E-state index >= 15 is 0 Å². The first-order valence-electron chi connectivity index (χ1n) is 10.4. The minimum absolute atomic E-state index is 0.377. The summed E-state index contributed by atoms with van der Waals surface area (Å²) in [6.45, 7) is 20.9. The predicted octanol–water partition coefficient (Wildman–Crippen LogP) is 7.10. The molecule has 6 nitrogen and oxygen atoms in total. The highest BCUT2D eigenvalue weighted by molar-refractivity contribution is 4.81. The van der Waals surface area contributed by atoms with Crippen molar-refractivity contribution in [2.24, 2.45) is 20.7 Å². The molecule has 0 aliphatic heterocycles. The SMILES string of the molecule is CCC=C=CN=NN(C(C)C)C(C)C.CCC=C=CN=NN(C(C)C)C(C)C. The van der Waals surface area contributed by atoms with Gasteiger partial charge in [0.15, 0.2) is 0 Å². The third-order valence-electron chi connectivity index (χ3n) is 3.33. The van der Waals surface area contributed by atoms with Gasteiger partial charge in [-0.1, -0.05) is 24.3 Å². The molecule has 0 N–H and O–H groups in total. The van der Waals surface area contributed by atoms with E-state index in [0.717, 1.165) is 12.8 Å². The largest absolute Gasteiger partial charge is 0.273 e. The van der Waals surface area contributed by atoms with Crippen molar-refractivity contribution in [3.63, 3.8) is 0 Å². The zero-order valence-corrected chi connectivity index (χ0v) is 19.7. The van der Waals surface area contributed by atoms with E-state index < -0.39 is 0 Å². The van der Waals surface area contributed by atoms with E-state index in [1.165, 1.54) is 0 Å². The van der Waals surface area contributed by atoms with Crippen LogP contribution in [0.25, 0.3) is 0 Å². The second kappa shape index (κ2) is 18.2. The van der Waals surface area contributed by atoms with E-state index in [4.69, 9.17) is 0 Å². The summed E-state index contributed by atoms with van der Waals surface area (Å²) >= 11 is 0. The molecule has 0 saturated heterocycles. The van der Waals surface area contributed by atoms with Crippen LogP contribution in [0.15, 0.2) is 56.7 Å². The van der Waals surface area contributed by atoms with Gasteiger partial charge in [-0.15, -0.1) is 21.7 Å². The molecule has 0 heterocycles. The summed E-state index contributed by atoms with van der Waals surface area (Å²) in [5.41, 5.74) is 5.86. The zero-order valence-electron chi connectivity index (χ0n) is 19.7. The molecule has 0 aliphatic rings. The first kappa shape index (κ1) is 28.1. The molecule has 0 spiro atoms. The minimum atomic E-state index is 0.377. The molecule has 0 rings (SSSR count). The molecule has 0 radical (unpaired) electrons. The number of rotatable bonds is 10. The topological polar surface area (TPSA) is 55.9 Å². The van der Waals surface area contributed by atoms with Crippen molar-refractivity contribution in [2.45, 2.75) is 106 Å².